The minimum Gasteiger partial charge on any atom is -0.451 e. The summed E-state index contributed by atoms with van der Waals surface area (Å²) in [4.78, 5) is 37.0. The van der Waals surface area contributed by atoms with Gasteiger partial charge in [-0.3, -0.25) is 14.4 Å². The van der Waals surface area contributed by atoms with Crippen LogP contribution in [0.2, 0.25) is 0 Å². The Labute approximate surface area is 180 Å². The summed E-state index contributed by atoms with van der Waals surface area (Å²) >= 11 is 2.10. The molecule has 152 valence electrons. The van der Waals surface area contributed by atoms with Gasteiger partial charge in [0.15, 0.2) is 17.2 Å². The maximum atomic E-state index is 13.1. The number of rotatable bonds is 3. The average molecular weight is 496 g/mol. The average Bonchev–Trinajstić information content (AvgIpc) is 2.94. The van der Waals surface area contributed by atoms with Gasteiger partial charge in [-0.15, -0.1) is 0 Å². The largest absolute Gasteiger partial charge is 0.451 e. The highest BCUT2D eigenvalue weighted by Gasteiger charge is 2.66. The first-order valence-corrected chi connectivity index (χ1v) is 11.9. The number of ether oxygens (including phenoxy) is 1. The minimum atomic E-state index is -0.994. The normalized spacial score (nSPS) is 41.9. The number of ketones is 2. The molecule has 0 radical (unpaired) electrons. The Hall–Kier alpha value is -0.980. The van der Waals surface area contributed by atoms with Crippen LogP contribution in [0.1, 0.15) is 65.7 Å². The zero-order chi connectivity index (χ0) is 20.3. The van der Waals surface area contributed by atoms with E-state index in [1.165, 1.54) is 18.1 Å². The Morgan fingerprint density at radius 1 is 1.21 bits per heavy atom. The molecule has 0 N–H and O–H groups in total. The smallest absolute Gasteiger partial charge is 0.303 e. The number of allylic oxidation sites excluding steroid dienone is 4. The summed E-state index contributed by atoms with van der Waals surface area (Å²) in [6, 6.07) is 0. The van der Waals surface area contributed by atoms with E-state index in [-0.39, 0.29) is 28.4 Å². The van der Waals surface area contributed by atoms with E-state index in [1.807, 2.05) is 6.08 Å². The number of fused-ring (bicyclic) bond motifs is 5. The summed E-state index contributed by atoms with van der Waals surface area (Å²) in [5.41, 5.74) is 1.41. The molecule has 0 saturated heterocycles. The number of halogens is 1. The van der Waals surface area contributed by atoms with Crippen LogP contribution in [-0.2, 0) is 19.1 Å². The lowest BCUT2D eigenvalue weighted by Gasteiger charge is -2.55. The van der Waals surface area contributed by atoms with Gasteiger partial charge in [-0.2, -0.15) is 0 Å². The second-order valence-electron chi connectivity index (χ2n) is 9.52. The Morgan fingerprint density at radius 2 is 1.96 bits per heavy atom. The summed E-state index contributed by atoms with van der Waals surface area (Å²) in [5.74, 6) is 0.704. The number of esters is 1. The van der Waals surface area contributed by atoms with Gasteiger partial charge < -0.3 is 4.74 Å². The molecule has 5 atom stereocenters. The molecule has 4 nitrogen and oxygen atoms in total. The van der Waals surface area contributed by atoms with E-state index in [2.05, 4.69) is 42.5 Å². The van der Waals surface area contributed by atoms with E-state index in [4.69, 9.17) is 4.74 Å². The van der Waals surface area contributed by atoms with Crippen molar-refractivity contribution in [2.75, 3.05) is 4.43 Å². The van der Waals surface area contributed by atoms with Crippen molar-refractivity contribution in [1.29, 1.82) is 0 Å². The topological polar surface area (TPSA) is 60.4 Å². The van der Waals surface area contributed by atoms with Crippen LogP contribution in [0.5, 0.6) is 0 Å². The summed E-state index contributed by atoms with van der Waals surface area (Å²) in [6.07, 6.45) is 10.0. The molecule has 0 amide bonds. The van der Waals surface area contributed by atoms with Crippen molar-refractivity contribution >= 4 is 40.1 Å². The Kier molecular flexibility index (Phi) is 4.91. The molecule has 0 aromatic carbocycles. The molecule has 4 rings (SSSR count). The van der Waals surface area contributed by atoms with Gasteiger partial charge in [0.25, 0.3) is 0 Å². The zero-order valence-electron chi connectivity index (χ0n) is 17.0. The van der Waals surface area contributed by atoms with Crippen molar-refractivity contribution in [3.8, 4) is 0 Å². The third-order valence-corrected chi connectivity index (χ3v) is 9.04. The molecule has 2 saturated carbocycles. The van der Waals surface area contributed by atoms with Crippen molar-refractivity contribution in [2.45, 2.75) is 71.3 Å². The molecule has 4 aliphatic carbocycles. The first-order valence-electron chi connectivity index (χ1n) is 10.4. The fraction of sp³-hybridized carbons (Fsp3) is 0.696. The molecule has 4 aliphatic rings. The Bertz CT molecular complexity index is 811. The van der Waals surface area contributed by atoms with Gasteiger partial charge in [0.05, 0.1) is 4.43 Å². The first kappa shape index (κ1) is 20.3. The number of alkyl halides is 1. The van der Waals surface area contributed by atoms with Crippen LogP contribution in [0.15, 0.2) is 23.3 Å². The zero-order valence-corrected chi connectivity index (χ0v) is 19.1. The van der Waals surface area contributed by atoms with Crippen molar-refractivity contribution in [1.82, 2.24) is 0 Å². The van der Waals surface area contributed by atoms with Crippen LogP contribution in [0.3, 0.4) is 0 Å². The number of hydrogen-bond acceptors (Lipinski definition) is 4. The van der Waals surface area contributed by atoms with E-state index in [9.17, 15) is 14.4 Å². The predicted octanol–water partition coefficient (Wildman–Crippen LogP) is 4.74. The van der Waals surface area contributed by atoms with Gasteiger partial charge in [0.2, 0.25) is 0 Å². The number of hydrogen-bond donors (Lipinski definition) is 0. The van der Waals surface area contributed by atoms with Gasteiger partial charge in [-0.05, 0) is 56.4 Å². The highest BCUT2D eigenvalue weighted by Crippen LogP contribution is 2.66. The number of carbonyl (C=O) groups is 3. The monoisotopic (exact) mass is 496 g/mol. The number of Topliss-reactive ketones (excluding diaryl/α,β-unsaturated/α-hetero) is 1. The summed E-state index contributed by atoms with van der Waals surface area (Å²) in [6.45, 7) is 5.89. The van der Waals surface area contributed by atoms with Gasteiger partial charge in [-0.25, -0.2) is 0 Å². The standard InChI is InChI=1S/C23H29IO4/c1-14(25)28-23(20(27)13-24)11-8-19-17-5-4-15-12-16(26)6-9-21(15,2)18(17)7-10-22(19,23)3/h7,12,17,19H,4-6,8-11,13H2,1-3H3/t17-,19+,21+,22+,23-/m1/s1. The van der Waals surface area contributed by atoms with E-state index >= 15 is 0 Å². The van der Waals surface area contributed by atoms with Crippen LogP contribution in [-0.4, -0.2) is 27.6 Å². The molecule has 0 aromatic rings. The summed E-state index contributed by atoms with van der Waals surface area (Å²) < 4.78 is 6.23. The highest BCUT2D eigenvalue weighted by molar-refractivity contribution is 14.1. The molecule has 2 fully saturated rings. The van der Waals surface area contributed by atoms with Gasteiger partial charge in [-0.1, -0.05) is 53.7 Å². The van der Waals surface area contributed by atoms with Crippen LogP contribution in [0.25, 0.3) is 0 Å². The number of carbonyl (C=O) groups excluding carboxylic acids is 3. The second kappa shape index (κ2) is 6.78. The molecule has 0 bridgehead atoms. The molecule has 0 heterocycles. The van der Waals surface area contributed by atoms with Crippen LogP contribution >= 0.6 is 22.6 Å². The van der Waals surface area contributed by atoms with E-state index in [0.717, 1.165) is 32.1 Å². The third kappa shape index (κ3) is 2.63. The highest BCUT2D eigenvalue weighted by atomic mass is 127. The lowest BCUT2D eigenvalue weighted by Crippen LogP contribution is -2.57. The molecule has 5 heteroatoms. The molecule has 0 aliphatic heterocycles. The van der Waals surface area contributed by atoms with Crippen LogP contribution < -0.4 is 0 Å². The van der Waals surface area contributed by atoms with Crippen molar-refractivity contribution in [3.05, 3.63) is 23.3 Å². The fourth-order valence-corrected chi connectivity index (χ4v) is 7.51. The molecule has 28 heavy (non-hydrogen) atoms. The Morgan fingerprint density at radius 3 is 2.64 bits per heavy atom. The minimum absolute atomic E-state index is 0.0158. The Balaban J connectivity index is 1.77. The maximum Gasteiger partial charge on any atom is 0.303 e. The van der Waals surface area contributed by atoms with Gasteiger partial charge >= 0.3 is 5.97 Å². The second-order valence-corrected chi connectivity index (χ2v) is 10.3. The summed E-state index contributed by atoms with van der Waals surface area (Å²) in [5, 5.41) is 0. The van der Waals surface area contributed by atoms with Gasteiger partial charge in [0, 0.05) is 24.2 Å². The summed E-state index contributed by atoms with van der Waals surface area (Å²) in [7, 11) is 0. The van der Waals surface area contributed by atoms with E-state index in [1.54, 1.807) is 0 Å². The third-order valence-electron chi connectivity index (χ3n) is 8.35. The molecule has 0 aromatic heterocycles. The molecule has 0 unspecified atom stereocenters. The first-order chi connectivity index (χ1) is 13.2. The molecular weight excluding hydrogens is 467 g/mol. The molecular formula is C23H29IO4. The maximum absolute atomic E-state index is 13.1. The van der Waals surface area contributed by atoms with Crippen molar-refractivity contribution in [3.63, 3.8) is 0 Å². The lowest BCUT2D eigenvalue weighted by atomic mass is 9.50. The van der Waals surface area contributed by atoms with Crippen molar-refractivity contribution < 1.29 is 19.1 Å². The lowest BCUT2D eigenvalue weighted by molar-refractivity contribution is -0.180. The van der Waals surface area contributed by atoms with Crippen LogP contribution in [0, 0.1) is 22.7 Å². The van der Waals surface area contributed by atoms with Crippen molar-refractivity contribution in [2.24, 2.45) is 22.7 Å². The fourth-order valence-electron chi connectivity index (χ4n) is 6.89. The van der Waals surface area contributed by atoms with Crippen LogP contribution in [0.4, 0.5) is 0 Å². The SMILES string of the molecule is CC(=O)O[C@@]1(C(=O)CI)CC[C@H]2[C@@H]3CCC4=CC(=O)CC[C@]4(C)C3=CC[C@@]21C. The quantitative estimate of drug-likeness (QED) is 0.245. The predicted molar refractivity (Wildman–Crippen MR) is 115 cm³/mol. The molecule has 0 spiro atoms. The van der Waals surface area contributed by atoms with E-state index < -0.39 is 5.60 Å². The van der Waals surface area contributed by atoms with Gasteiger partial charge in [0.1, 0.15) is 0 Å². The van der Waals surface area contributed by atoms with E-state index in [0.29, 0.717) is 29.1 Å².